The Hall–Kier alpha value is -2.65. The summed E-state index contributed by atoms with van der Waals surface area (Å²) in [5.41, 5.74) is -3.61. The molecule has 0 aliphatic carbocycles. The Morgan fingerprint density at radius 3 is 2.22 bits per heavy atom. The highest BCUT2D eigenvalue weighted by Gasteiger charge is 2.36. The van der Waals surface area contributed by atoms with E-state index in [0.29, 0.717) is 12.1 Å². The molecule has 0 spiro atoms. The molecule has 0 saturated carbocycles. The van der Waals surface area contributed by atoms with Crippen LogP contribution in [0, 0.1) is 11.6 Å². The van der Waals surface area contributed by atoms with Crippen molar-refractivity contribution in [1.82, 2.24) is 0 Å². The summed E-state index contributed by atoms with van der Waals surface area (Å²) in [6, 6.07) is 0.348. The maximum atomic E-state index is 13.9. The summed E-state index contributed by atoms with van der Waals surface area (Å²) >= 11 is 0. The van der Waals surface area contributed by atoms with Crippen LogP contribution in [0.3, 0.4) is 0 Å². The van der Waals surface area contributed by atoms with Crippen LogP contribution in [0.1, 0.15) is 5.56 Å². The molecule has 23 heavy (non-hydrogen) atoms. The van der Waals surface area contributed by atoms with Crippen molar-refractivity contribution < 1.29 is 41.0 Å². The molecule has 0 amide bonds. The zero-order valence-corrected chi connectivity index (χ0v) is 11.8. The Balaban J connectivity index is 3.35. The third-order valence-corrected chi connectivity index (χ3v) is 2.48. The van der Waals surface area contributed by atoms with Crippen LogP contribution in [-0.4, -0.2) is 26.2 Å². The van der Waals surface area contributed by atoms with Crippen molar-refractivity contribution in [2.24, 2.45) is 0 Å². The molecule has 0 unspecified atom stereocenters. The van der Waals surface area contributed by atoms with Crippen molar-refractivity contribution >= 4 is 17.6 Å². The molecule has 0 aromatic heterocycles. The fourth-order valence-corrected chi connectivity index (χ4v) is 1.46. The third-order valence-electron chi connectivity index (χ3n) is 2.48. The highest BCUT2D eigenvalue weighted by molar-refractivity contribution is 5.98. The molecular formula is C13H10F5NO4. The zero-order valence-electron chi connectivity index (χ0n) is 11.8. The molecule has 0 bridgehead atoms. The standard InChI is InChI=1S/C13H10F5NO4/c1-22-10(20)5-9(12(21)23-2)19-8-4-6(14)3-7(11(8)15)13(16,17)18/h3-5,19H,1-2H3/b9-5+. The van der Waals surface area contributed by atoms with Crippen LogP contribution in [-0.2, 0) is 25.2 Å². The molecule has 0 radical (unpaired) electrons. The second-order valence-electron chi connectivity index (χ2n) is 4.01. The van der Waals surface area contributed by atoms with E-state index in [2.05, 4.69) is 9.47 Å². The fourth-order valence-electron chi connectivity index (χ4n) is 1.46. The number of benzene rings is 1. The number of carbonyl (C=O) groups is 2. The quantitative estimate of drug-likeness (QED) is 0.519. The molecule has 0 saturated heterocycles. The molecule has 0 aliphatic rings. The molecule has 0 atom stereocenters. The first kappa shape index (κ1) is 18.4. The average molecular weight is 339 g/mol. The van der Waals surface area contributed by atoms with Crippen molar-refractivity contribution in [2.75, 3.05) is 19.5 Å². The van der Waals surface area contributed by atoms with Gasteiger partial charge in [0.1, 0.15) is 11.5 Å². The van der Waals surface area contributed by atoms with Crippen molar-refractivity contribution in [2.45, 2.75) is 6.18 Å². The monoisotopic (exact) mass is 339 g/mol. The van der Waals surface area contributed by atoms with Gasteiger partial charge in [-0.2, -0.15) is 13.2 Å². The topological polar surface area (TPSA) is 64.6 Å². The minimum absolute atomic E-state index is 0.0393. The predicted octanol–water partition coefficient (Wildman–Crippen LogP) is 2.63. The number of carbonyl (C=O) groups excluding carboxylic acids is 2. The number of methoxy groups -OCH3 is 2. The number of hydrogen-bond acceptors (Lipinski definition) is 5. The summed E-state index contributed by atoms with van der Waals surface area (Å²) in [4.78, 5) is 22.6. The van der Waals surface area contributed by atoms with Crippen LogP contribution < -0.4 is 5.32 Å². The van der Waals surface area contributed by atoms with Crippen molar-refractivity contribution in [3.8, 4) is 0 Å². The SMILES string of the molecule is COC(=O)/C=C(/Nc1cc(F)cc(C(F)(F)F)c1F)C(=O)OC. The highest BCUT2D eigenvalue weighted by atomic mass is 19.4. The molecule has 126 valence electrons. The first-order valence-electron chi connectivity index (χ1n) is 5.81. The molecule has 1 aromatic carbocycles. The van der Waals surface area contributed by atoms with Gasteiger partial charge < -0.3 is 14.8 Å². The summed E-state index contributed by atoms with van der Waals surface area (Å²) in [5.74, 6) is -5.51. The maximum absolute atomic E-state index is 13.9. The van der Waals surface area contributed by atoms with Gasteiger partial charge in [-0.25, -0.2) is 18.4 Å². The van der Waals surface area contributed by atoms with E-state index in [0.717, 1.165) is 14.2 Å². The summed E-state index contributed by atoms with van der Waals surface area (Å²) < 4.78 is 73.5. The highest BCUT2D eigenvalue weighted by Crippen LogP contribution is 2.35. The van der Waals surface area contributed by atoms with E-state index in [9.17, 15) is 31.5 Å². The summed E-state index contributed by atoms with van der Waals surface area (Å²) in [6.07, 6.45) is -4.64. The second-order valence-corrected chi connectivity index (χ2v) is 4.01. The predicted molar refractivity (Wildman–Crippen MR) is 67.1 cm³/mol. The molecule has 1 aromatic rings. The number of ether oxygens (including phenoxy) is 2. The van der Waals surface area contributed by atoms with E-state index >= 15 is 0 Å². The molecule has 5 nitrogen and oxygen atoms in total. The number of alkyl halides is 3. The minimum Gasteiger partial charge on any atom is -0.466 e. The smallest absolute Gasteiger partial charge is 0.419 e. The number of esters is 2. The van der Waals surface area contributed by atoms with E-state index < -0.39 is 46.7 Å². The van der Waals surface area contributed by atoms with E-state index in [1.807, 2.05) is 5.32 Å². The van der Waals surface area contributed by atoms with Crippen LogP contribution in [0.25, 0.3) is 0 Å². The molecular weight excluding hydrogens is 329 g/mol. The molecule has 0 heterocycles. The van der Waals surface area contributed by atoms with E-state index in [1.165, 1.54) is 0 Å². The van der Waals surface area contributed by atoms with Gasteiger partial charge >= 0.3 is 18.1 Å². The molecule has 0 fully saturated rings. The van der Waals surface area contributed by atoms with Gasteiger partial charge in [-0.15, -0.1) is 0 Å². The van der Waals surface area contributed by atoms with Gasteiger partial charge in [0.2, 0.25) is 0 Å². The summed E-state index contributed by atoms with van der Waals surface area (Å²) in [7, 11) is 1.89. The molecule has 1 rings (SSSR count). The van der Waals surface area contributed by atoms with Gasteiger partial charge in [-0.05, 0) is 6.07 Å². The number of anilines is 1. The largest absolute Gasteiger partial charge is 0.466 e. The van der Waals surface area contributed by atoms with E-state index in [1.54, 1.807) is 0 Å². The van der Waals surface area contributed by atoms with Gasteiger partial charge in [0.25, 0.3) is 0 Å². The first-order valence-corrected chi connectivity index (χ1v) is 5.81. The Bertz CT molecular complexity index is 655. The maximum Gasteiger partial charge on any atom is 0.419 e. The van der Waals surface area contributed by atoms with Crippen LogP contribution in [0.15, 0.2) is 23.9 Å². The normalized spacial score (nSPS) is 11.9. The lowest BCUT2D eigenvalue weighted by atomic mass is 10.1. The molecule has 0 aliphatic heterocycles. The Morgan fingerprint density at radius 1 is 1.13 bits per heavy atom. The number of nitrogens with one attached hydrogen (secondary N) is 1. The zero-order chi connectivity index (χ0) is 17.8. The summed E-state index contributed by atoms with van der Waals surface area (Å²) in [5, 5.41) is 1.89. The lowest BCUT2D eigenvalue weighted by Crippen LogP contribution is -2.18. The van der Waals surface area contributed by atoms with Gasteiger partial charge in [-0.1, -0.05) is 0 Å². The fraction of sp³-hybridized carbons (Fsp3) is 0.231. The summed E-state index contributed by atoms with van der Waals surface area (Å²) in [6.45, 7) is 0. The Kier molecular flexibility index (Phi) is 5.66. The lowest BCUT2D eigenvalue weighted by molar-refractivity contribution is -0.140. The van der Waals surface area contributed by atoms with Crippen molar-refractivity contribution in [3.63, 3.8) is 0 Å². The number of halogens is 5. The van der Waals surface area contributed by atoms with Gasteiger partial charge in [-0.3, -0.25) is 0 Å². The minimum atomic E-state index is -5.15. The molecule has 10 heteroatoms. The second kappa shape index (κ2) is 7.07. The van der Waals surface area contributed by atoms with Gasteiger partial charge in [0.05, 0.1) is 31.5 Å². The Labute approximate surface area is 126 Å². The van der Waals surface area contributed by atoms with Gasteiger partial charge in [0.15, 0.2) is 5.82 Å². The number of rotatable bonds is 4. The molecule has 1 N–H and O–H groups in total. The van der Waals surface area contributed by atoms with Crippen molar-refractivity contribution in [3.05, 3.63) is 41.1 Å². The van der Waals surface area contributed by atoms with Gasteiger partial charge in [0, 0.05) is 6.07 Å². The Morgan fingerprint density at radius 2 is 1.74 bits per heavy atom. The van der Waals surface area contributed by atoms with E-state index in [-0.39, 0.29) is 6.07 Å². The van der Waals surface area contributed by atoms with Crippen molar-refractivity contribution in [1.29, 1.82) is 0 Å². The third kappa shape index (κ3) is 4.66. The van der Waals surface area contributed by atoms with E-state index in [4.69, 9.17) is 0 Å². The van der Waals surface area contributed by atoms with Crippen LogP contribution >= 0.6 is 0 Å². The van der Waals surface area contributed by atoms with Crippen LogP contribution in [0.4, 0.5) is 27.6 Å². The lowest BCUT2D eigenvalue weighted by Gasteiger charge is -2.14. The number of hydrogen-bond donors (Lipinski definition) is 1. The van der Waals surface area contributed by atoms with Crippen LogP contribution in [0.5, 0.6) is 0 Å². The first-order chi connectivity index (χ1) is 10.6. The van der Waals surface area contributed by atoms with Crippen LogP contribution in [0.2, 0.25) is 0 Å². The average Bonchev–Trinajstić information content (AvgIpc) is 2.47.